The third-order valence-electron chi connectivity index (χ3n) is 3.99. The summed E-state index contributed by atoms with van der Waals surface area (Å²) in [5.41, 5.74) is 1.03. The topological polar surface area (TPSA) is 143 Å². The van der Waals surface area contributed by atoms with E-state index < -0.39 is 35.3 Å². The molecule has 1 aliphatic rings. The molecule has 0 radical (unpaired) electrons. The van der Waals surface area contributed by atoms with E-state index in [1.807, 2.05) is 0 Å². The Bertz CT molecular complexity index is 776. The highest BCUT2D eigenvalue weighted by atomic mass is 32.2. The van der Waals surface area contributed by atoms with Crippen LogP contribution in [0.3, 0.4) is 0 Å². The van der Waals surface area contributed by atoms with Crippen molar-refractivity contribution in [3.8, 4) is 5.75 Å². The summed E-state index contributed by atoms with van der Waals surface area (Å²) in [6, 6.07) is 5.07. The van der Waals surface area contributed by atoms with Crippen LogP contribution in [-0.2, 0) is 30.7 Å². The van der Waals surface area contributed by atoms with Gasteiger partial charge in [0.05, 0.1) is 12.2 Å². The van der Waals surface area contributed by atoms with Crippen LogP contribution < -0.4 is 14.7 Å². The normalized spacial score (nSPS) is 17.6. The maximum absolute atomic E-state index is 12.0. The second-order valence-electron chi connectivity index (χ2n) is 6.27. The number of benzene rings is 1. The lowest BCUT2D eigenvalue weighted by Crippen LogP contribution is -2.53. The first kappa shape index (κ1) is 22.6. The van der Waals surface area contributed by atoms with Crippen molar-refractivity contribution in [2.45, 2.75) is 32.0 Å². The second-order valence-corrected chi connectivity index (χ2v) is 8.10. The van der Waals surface area contributed by atoms with Crippen molar-refractivity contribution in [2.24, 2.45) is 0 Å². The number of aliphatic hydroxyl groups is 1. The fourth-order valence-corrected chi connectivity index (χ4v) is 3.15. The molecular formula is C16H25BN2O8S. The molecule has 156 valence electrons. The summed E-state index contributed by atoms with van der Waals surface area (Å²) in [7, 11) is -4.71. The maximum Gasteiger partial charge on any atom is 0.547 e. The molecule has 1 amide bonds. The fourth-order valence-electron chi connectivity index (χ4n) is 2.68. The molecule has 28 heavy (non-hydrogen) atoms. The number of hydrogen-bond donors (Lipinski definition) is 4. The molecule has 1 unspecified atom stereocenters. The van der Waals surface area contributed by atoms with E-state index in [1.54, 1.807) is 25.1 Å². The molecule has 1 heterocycles. The van der Waals surface area contributed by atoms with Crippen LogP contribution in [0.5, 0.6) is 5.75 Å². The molecular weight excluding hydrogens is 391 g/mol. The molecule has 10 nitrogen and oxygen atoms in total. The summed E-state index contributed by atoms with van der Waals surface area (Å²) in [5.74, 6) is -0.846. The van der Waals surface area contributed by atoms with Gasteiger partial charge in [-0.25, -0.2) is 13.1 Å². The van der Waals surface area contributed by atoms with Crippen molar-refractivity contribution in [3.63, 3.8) is 0 Å². The molecule has 0 aromatic heterocycles. The molecule has 1 aromatic rings. The first-order chi connectivity index (χ1) is 13.2. The lowest BCUT2D eigenvalue weighted by Gasteiger charge is -2.30. The average Bonchev–Trinajstić information content (AvgIpc) is 2.61. The number of para-hydroxylation sites is 1. The van der Waals surface area contributed by atoms with Gasteiger partial charge in [0.15, 0.2) is 6.29 Å². The SMILES string of the molecule is CCOCOC(O)c1cccc2c1OB(O)[C@@H](NC(=O)CCNS(C)(=O)=O)C2. The number of fused-ring (bicyclic) bond motifs is 1. The average molecular weight is 416 g/mol. The van der Waals surface area contributed by atoms with Gasteiger partial charge < -0.3 is 29.6 Å². The van der Waals surface area contributed by atoms with Gasteiger partial charge in [-0.1, -0.05) is 18.2 Å². The number of sulfonamides is 1. The van der Waals surface area contributed by atoms with Crippen LogP contribution in [0, 0.1) is 0 Å². The molecule has 0 aliphatic carbocycles. The number of nitrogens with one attached hydrogen (secondary N) is 2. The standard InChI is InChI=1S/C16H25BN2O8S/c1-3-25-10-26-16(21)12-6-4-5-11-9-13(17(22)27-15(11)12)19-14(20)7-8-18-28(2,23)24/h4-6,13,16,18,21-22H,3,7-10H2,1-2H3,(H,19,20)/t13-,16?/m0/s1. The van der Waals surface area contributed by atoms with Crippen molar-refractivity contribution in [3.05, 3.63) is 29.3 Å². The van der Waals surface area contributed by atoms with E-state index in [1.165, 1.54) is 0 Å². The predicted molar refractivity (Wildman–Crippen MR) is 101 cm³/mol. The smallest absolute Gasteiger partial charge is 0.534 e. The zero-order valence-corrected chi connectivity index (χ0v) is 16.6. The van der Waals surface area contributed by atoms with E-state index in [-0.39, 0.29) is 26.2 Å². The molecule has 1 aliphatic heterocycles. The monoisotopic (exact) mass is 416 g/mol. The zero-order chi connectivity index (χ0) is 20.7. The Morgan fingerprint density at radius 3 is 2.89 bits per heavy atom. The highest BCUT2D eigenvalue weighted by Gasteiger charge is 2.37. The Morgan fingerprint density at radius 1 is 1.46 bits per heavy atom. The van der Waals surface area contributed by atoms with Crippen molar-refractivity contribution >= 4 is 23.0 Å². The van der Waals surface area contributed by atoms with E-state index in [4.69, 9.17) is 14.1 Å². The molecule has 0 spiro atoms. The summed E-state index contributed by atoms with van der Waals surface area (Å²) in [6.07, 6.45) is -0.0899. The van der Waals surface area contributed by atoms with E-state index in [2.05, 4.69) is 10.0 Å². The van der Waals surface area contributed by atoms with Gasteiger partial charge in [0.25, 0.3) is 0 Å². The number of hydrogen-bond acceptors (Lipinski definition) is 8. The highest BCUT2D eigenvalue weighted by molar-refractivity contribution is 7.88. The van der Waals surface area contributed by atoms with Gasteiger partial charge in [-0.15, -0.1) is 0 Å². The van der Waals surface area contributed by atoms with Gasteiger partial charge in [0.1, 0.15) is 12.5 Å². The van der Waals surface area contributed by atoms with Gasteiger partial charge in [-0.05, 0) is 18.9 Å². The van der Waals surface area contributed by atoms with Gasteiger partial charge in [0.2, 0.25) is 15.9 Å². The molecule has 0 saturated heterocycles. The van der Waals surface area contributed by atoms with Gasteiger partial charge >= 0.3 is 7.12 Å². The van der Waals surface area contributed by atoms with E-state index in [9.17, 15) is 23.3 Å². The fraction of sp³-hybridized carbons (Fsp3) is 0.562. The Morgan fingerprint density at radius 2 is 2.21 bits per heavy atom. The van der Waals surface area contributed by atoms with Gasteiger partial charge in [-0.3, -0.25) is 4.79 Å². The molecule has 0 bridgehead atoms. The summed E-state index contributed by atoms with van der Waals surface area (Å²) < 4.78 is 40.0. The van der Waals surface area contributed by atoms with Crippen LogP contribution >= 0.6 is 0 Å². The quantitative estimate of drug-likeness (QED) is 0.218. The van der Waals surface area contributed by atoms with Crippen LogP contribution in [0.25, 0.3) is 0 Å². The van der Waals surface area contributed by atoms with E-state index in [0.717, 1.165) is 6.26 Å². The van der Waals surface area contributed by atoms with Crippen molar-refractivity contribution in [1.29, 1.82) is 0 Å². The minimum absolute atomic E-state index is 0.0432. The number of amides is 1. The van der Waals surface area contributed by atoms with Crippen LogP contribution in [0.2, 0.25) is 0 Å². The summed E-state index contributed by atoms with van der Waals surface area (Å²) >= 11 is 0. The lowest BCUT2D eigenvalue weighted by molar-refractivity contribution is -0.171. The van der Waals surface area contributed by atoms with E-state index >= 15 is 0 Å². The van der Waals surface area contributed by atoms with Crippen LogP contribution in [0.15, 0.2) is 18.2 Å². The molecule has 0 fully saturated rings. The highest BCUT2D eigenvalue weighted by Crippen LogP contribution is 2.34. The number of rotatable bonds is 10. The first-order valence-corrected chi connectivity index (χ1v) is 10.7. The van der Waals surface area contributed by atoms with Crippen LogP contribution in [0.1, 0.15) is 30.8 Å². The molecule has 0 saturated carbocycles. The first-order valence-electron chi connectivity index (χ1n) is 8.79. The Hall–Kier alpha value is -1.70. The summed E-state index contributed by atoms with van der Waals surface area (Å²) in [5, 5.41) is 23.0. The third kappa shape index (κ3) is 6.72. The minimum Gasteiger partial charge on any atom is -0.534 e. The Kier molecular flexibility index (Phi) is 8.22. The summed E-state index contributed by atoms with van der Waals surface area (Å²) in [6.45, 7) is 2.10. The lowest BCUT2D eigenvalue weighted by atomic mass is 9.72. The van der Waals surface area contributed by atoms with Crippen LogP contribution in [0.4, 0.5) is 0 Å². The van der Waals surface area contributed by atoms with Crippen molar-refractivity contribution in [1.82, 2.24) is 10.0 Å². The largest absolute Gasteiger partial charge is 0.547 e. The predicted octanol–water partition coefficient (Wildman–Crippen LogP) is -0.933. The van der Waals surface area contributed by atoms with Gasteiger partial charge in [0, 0.05) is 25.1 Å². The summed E-state index contributed by atoms with van der Waals surface area (Å²) in [4.78, 5) is 12.0. The number of ether oxygens (including phenoxy) is 2. The second kappa shape index (κ2) is 10.2. The molecule has 12 heteroatoms. The maximum atomic E-state index is 12.0. The molecule has 2 rings (SSSR count). The van der Waals surface area contributed by atoms with E-state index in [0.29, 0.717) is 23.5 Å². The van der Waals surface area contributed by atoms with Crippen LogP contribution in [-0.4, -0.2) is 63.7 Å². The Labute approximate surface area is 164 Å². The number of carbonyl (C=O) groups excluding carboxylic acids is 1. The minimum atomic E-state index is -3.37. The molecule has 1 aromatic carbocycles. The third-order valence-corrected chi connectivity index (χ3v) is 4.72. The van der Waals surface area contributed by atoms with Crippen molar-refractivity contribution < 1.29 is 37.5 Å². The van der Waals surface area contributed by atoms with Gasteiger partial charge in [-0.2, -0.15) is 0 Å². The van der Waals surface area contributed by atoms with Crippen molar-refractivity contribution in [2.75, 3.05) is 26.2 Å². The number of carbonyl (C=O) groups is 1. The zero-order valence-electron chi connectivity index (χ0n) is 15.8. The molecule has 4 N–H and O–H groups in total. The molecule has 2 atom stereocenters. The Balaban J connectivity index is 1.99. The number of aliphatic hydroxyl groups excluding tert-OH is 1.